The van der Waals surface area contributed by atoms with Crippen LogP contribution in [0.5, 0.6) is 17.5 Å². The highest BCUT2D eigenvalue weighted by molar-refractivity contribution is 6.34. The highest BCUT2D eigenvalue weighted by Gasteiger charge is 2.15. The quantitative estimate of drug-likeness (QED) is 0.787. The number of methoxy groups -OCH3 is 3. The average molecular weight is 255 g/mol. The van der Waals surface area contributed by atoms with Crippen LogP contribution >= 0.6 is 11.6 Å². The van der Waals surface area contributed by atoms with Crippen molar-refractivity contribution in [3.63, 3.8) is 0 Å². The molecule has 0 atom stereocenters. The summed E-state index contributed by atoms with van der Waals surface area (Å²) in [6.45, 7) is 0. The maximum atomic E-state index is 6.09. The molecule has 0 fully saturated rings. The maximum Gasteiger partial charge on any atom is 0.318 e. The van der Waals surface area contributed by atoms with E-state index in [2.05, 4.69) is 9.97 Å². The van der Waals surface area contributed by atoms with Crippen LogP contribution in [0.25, 0.3) is 10.9 Å². The molecule has 6 heteroatoms. The van der Waals surface area contributed by atoms with Crippen molar-refractivity contribution < 1.29 is 14.2 Å². The third-order valence-electron chi connectivity index (χ3n) is 2.32. The van der Waals surface area contributed by atoms with E-state index in [0.29, 0.717) is 22.4 Å². The molecule has 0 aliphatic rings. The van der Waals surface area contributed by atoms with E-state index in [0.717, 1.165) is 0 Å². The van der Waals surface area contributed by atoms with Gasteiger partial charge >= 0.3 is 6.01 Å². The summed E-state index contributed by atoms with van der Waals surface area (Å²) >= 11 is 6.09. The molecule has 0 amide bonds. The van der Waals surface area contributed by atoms with Crippen molar-refractivity contribution in [1.82, 2.24) is 9.97 Å². The molecule has 0 unspecified atom stereocenters. The Morgan fingerprint density at radius 3 is 2.35 bits per heavy atom. The largest absolute Gasteiger partial charge is 0.493 e. The fourth-order valence-corrected chi connectivity index (χ4v) is 1.82. The smallest absolute Gasteiger partial charge is 0.318 e. The van der Waals surface area contributed by atoms with Gasteiger partial charge in [-0.3, -0.25) is 0 Å². The number of rotatable bonds is 3. The fraction of sp³-hybridized carbons (Fsp3) is 0.273. The van der Waals surface area contributed by atoms with Crippen molar-refractivity contribution in [3.8, 4) is 17.5 Å². The van der Waals surface area contributed by atoms with Gasteiger partial charge in [0.2, 0.25) is 0 Å². The Bertz CT molecular complexity index is 560. The summed E-state index contributed by atoms with van der Waals surface area (Å²) < 4.78 is 15.4. The number of fused-ring (bicyclic) bond motifs is 1. The van der Waals surface area contributed by atoms with E-state index in [-0.39, 0.29) is 11.2 Å². The molecule has 1 aromatic heterocycles. The minimum Gasteiger partial charge on any atom is -0.493 e. The Morgan fingerprint density at radius 1 is 1.00 bits per heavy atom. The number of hydrogen-bond acceptors (Lipinski definition) is 5. The standard InChI is InChI=1S/C11H11ClN2O3/c1-15-7-5-4-6-8(9(7)16-2)10(12)14-11(13-6)17-3/h4-5H,1-3H3. The molecule has 0 saturated carbocycles. The minimum absolute atomic E-state index is 0.217. The number of aromatic nitrogens is 2. The van der Waals surface area contributed by atoms with Crippen molar-refractivity contribution in [2.24, 2.45) is 0 Å². The summed E-state index contributed by atoms with van der Waals surface area (Å²) in [6, 6.07) is 3.74. The first kappa shape index (κ1) is 11.7. The van der Waals surface area contributed by atoms with Gasteiger partial charge in [0.1, 0.15) is 5.15 Å². The second-order valence-electron chi connectivity index (χ2n) is 3.20. The number of benzene rings is 1. The lowest BCUT2D eigenvalue weighted by Gasteiger charge is -2.11. The van der Waals surface area contributed by atoms with Gasteiger partial charge in [-0.25, -0.2) is 0 Å². The van der Waals surface area contributed by atoms with Crippen molar-refractivity contribution in [1.29, 1.82) is 0 Å². The van der Waals surface area contributed by atoms with Gasteiger partial charge in [0.15, 0.2) is 11.5 Å². The first-order valence-corrected chi connectivity index (χ1v) is 5.21. The molecule has 0 radical (unpaired) electrons. The lowest BCUT2D eigenvalue weighted by atomic mass is 10.2. The van der Waals surface area contributed by atoms with Crippen LogP contribution in [0, 0.1) is 0 Å². The average Bonchev–Trinajstić information content (AvgIpc) is 2.36. The van der Waals surface area contributed by atoms with Gasteiger partial charge in [0.25, 0.3) is 0 Å². The third kappa shape index (κ3) is 1.93. The highest BCUT2D eigenvalue weighted by Crippen LogP contribution is 2.38. The number of ether oxygens (including phenoxy) is 3. The molecule has 0 saturated heterocycles. The van der Waals surface area contributed by atoms with Gasteiger partial charge < -0.3 is 14.2 Å². The zero-order valence-corrected chi connectivity index (χ0v) is 10.4. The van der Waals surface area contributed by atoms with E-state index >= 15 is 0 Å². The predicted octanol–water partition coefficient (Wildman–Crippen LogP) is 2.31. The van der Waals surface area contributed by atoms with Gasteiger partial charge in [0.05, 0.1) is 32.2 Å². The SMILES string of the molecule is COc1nc(Cl)c2c(OC)c(OC)ccc2n1. The van der Waals surface area contributed by atoms with Crippen molar-refractivity contribution in [2.75, 3.05) is 21.3 Å². The van der Waals surface area contributed by atoms with Gasteiger partial charge in [-0.1, -0.05) is 11.6 Å². The summed E-state index contributed by atoms with van der Waals surface area (Å²) in [6.07, 6.45) is 0. The first-order valence-electron chi connectivity index (χ1n) is 4.83. The molecule has 0 spiro atoms. The summed E-state index contributed by atoms with van der Waals surface area (Å²) in [5.41, 5.74) is 0.638. The zero-order valence-electron chi connectivity index (χ0n) is 9.65. The Balaban J connectivity index is 2.80. The second-order valence-corrected chi connectivity index (χ2v) is 3.55. The van der Waals surface area contributed by atoms with E-state index < -0.39 is 0 Å². The number of nitrogens with zero attached hydrogens (tertiary/aromatic N) is 2. The number of halogens is 1. The molecule has 1 aromatic carbocycles. The lowest BCUT2D eigenvalue weighted by Crippen LogP contribution is -1.97. The van der Waals surface area contributed by atoms with Crippen LogP contribution in [0.4, 0.5) is 0 Å². The summed E-state index contributed by atoms with van der Waals surface area (Å²) in [7, 11) is 4.58. The summed E-state index contributed by atoms with van der Waals surface area (Å²) in [5, 5.41) is 0.872. The maximum absolute atomic E-state index is 6.09. The van der Waals surface area contributed by atoms with Crippen LogP contribution in [0.2, 0.25) is 5.15 Å². The molecular weight excluding hydrogens is 244 g/mol. The van der Waals surface area contributed by atoms with E-state index in [1.807, 2.05) is 0 Å². The topological polar surface area (TPSA) is 53.5 Å². The van der Waals surface area contributed by atoms with E-state index in [9.17, 15) is 0 Å². The summed E-state index contributed by atoms with van der Waals surface area (Å²) in [4.78, 5) is 8.19. The Labute approximate surface area is 103 Å². The Morgan fingerprint density at radius 2 is 1.76 bits per heavy atom. The van der Waals surface area contributed by atoms with Gasteiger partial charge in [-0.2, -0.15) is 9.97 Å². The van der Waals surface area contributed by atoms with Gasteiger partial charge in [-0.15, -0.1) is 0 Å². The normalized spacial score (nSPS) is 10.4. The second kappa shape index (κ2) is 4.63. The molecular formula is C11H11ClN2O3. The monoisotopic (exact) mass is 254 g/mol. The van der Waals surface area contributed by atoms with E-state index in [4.69, 9.17) is 25.8 Å². The molecule has 2 rings (SSSR count). The molecule has 0 N–H and O–H groups in total. The van der Waals surface area contributed by atoms with Gasteiger partial charge in [0, 0.05) is 0 Å². The molecule has 1 heterocycles. The molecule has 90 valence electrons. The van der Waals surface area contributed by atoms with Crippen LogP contribution < -0.4 is 14.2 Å². The molecule has 5 nitrogen and oxygen atoms in total. The van der Waals surface area contributed by atoms with Crippen LogP contribution in [0.1, 0.15) is 0 Å². The molecule has 0 bridgehead atoms. The predicted molar refractivity (Wildman–Crippen MR) is 64.2 cm³/mol. The Hall–Kier alpha value is -1.75. The van der Waals surface area contributed by atoms with Gasteiger partial charge in [-0.05, 0) is 12.1 Å². The fourth-order valence-electron chi connectivity index (χ4n) is 1.57. The van der Waals surface area contributed by atoms with Crippen molar-refractivity contribution in [3.05, 3.63) is 17.3 Å². The van der Waals surface area contributed by atoms with Crippen LogP contribution in [0.3, 0.4) is 0 Å². The van der Waals surface area contributed by atoms with E-state index in [1.54, 1.807) is 19.2 Å². The lowest BCUT2D eigenvalue weighted by molar-refractivity contribution is 0.358. The van der Waals surface area contributed by atoms with Crippen molar-refractivity contribution in [2.45, 2.75) is 0 Å². The van der Waals surface area contributed by atoms with Crippen LogP contribution in [0.15, 0.2) is 12.1 Å². The third-order valence-corrected chi connectivity index (χ3v) is 2.60. The number of hydrogen-bond donors (Lipinski definition) is 0. The van der Waals surface area contributed by atoms with Crippen LogP contribution in [-0.2, 0) is 0 Å². The van der Waals surface area contributed by atoms with Crippen LogP contribution in [-0.4, -0.2) is 31.3 Å². The molecule has 17 heavy (non-hydrogen) atoms. The minimum atomic E-state index is 0.217. The van der Waals surface area contributed by atoms with E-state index in [1.165, 1.54) is 14.2 Å². The first-order chi connectivity index (χ1) is 8.21. The molecule has 0 aliphatic carbocycles. The Kier molecular flexibility index (Phi) is 3.19. The highest BCUT2D eigenvalue weighted by atomic mass is 35.5. The summed E-state index contributed by atoms with van der Waals surface area (Å²) in [5.74, 6) is 1.09. The molecule has 0 aliphatic heterocycles. The van der Waals surface area contributed by atoms with Crippen molar-refractivity contribution >= 4 is 22.5 Å². The molecule has 2 aromatic rings. The zero-order chi connectivity index (χ0) is 12.4.